The fourth-order valence-corrected chi connectivity index (χ4v) is 5.03. The zero-order valence-electron chi connectivity index (χ0n) is 22.3. The van der Waals surface area contributed by atoms with Gasteiger partial charge in [0.1, 0.15) is 4.90 Å². The lowest BCUT2D eigenvalue weighted by molar-refractivity contribution is -0.192. The fourth-order valence-electron chi connectivity index (χ4n) is 4.00. The third-order valence-corrected chi connectivity index (χ3v) is 7.05. The van der Waals surface area contributed by atoms with Crippen molar-refractivity contribution >= 4 is 27.4 Å². The Labute approximate surface area is 238 Å². The van der Waals surface area contributed by atoms with E-state index in [1.54, 1.807) is 30.3 Å². The van der Waals surface area contributed by atoms with Gasteiger partial charge in [-0.3, -0.25) is 9.89 Å². The molecular weight excluding hydrogens is 580 g/mol. The Morgan fingerprint density at radius 3 is 2.19 bits per heavy atom. The first-order chi connectivity index (χ1) is 19.7. The molecule has 1 aromatic heterocycles. The number of rotatable bonds is 7. The molecule has 4 rings (SSSR count). The van der Waals surface area contributed by atoms with Gasteiger partial charge in [-0.15, -0.1) is 0 Å². The van der Waals surface area contributed by atoms with Crippen LogP contribution in [0.3, 0.4) is 0 Å². The van der Waals surface area contributed by atoms with Gasteiger partial charge in [0.05, 0.1) is 5.69 Å². The Hall–Kier alpha value is -4.56. The number of benzene rings is 3. The second-order valence-corrected chi connectivity index (χ2v) is 10.8. The third kappa shape index (κ3) is 7.39. The SMILES string of the molecule is CCc1[nH]nc(C(=O)Nc2ccc(-c3ccccc3)c(S(C)(=O)=O)c2F)c1-c1cccc(CN)c1.O=C(O)C(F)(F)F. The van der Waals surface area contributed by atoms with Gasteiger partial charge in [-0.25, -0.2) is 17.6 Å². The highest BCUT2D eigenvalue weighted by molar-refractivity contribution is 7.90. The van der Waals surface area contributed by atoms with E-state index in [-0.39, 0.29) is 16.9 Å². The van der Waals surface area contributed by atoms with E-state index in [1.165, 1.54) is 12.1 Å². The van der Waals surface area contributed by atoms with Crippen molar-refractivity contribution in [3.8, 4) is 22.3 Å². The number of carbonyl (C=O) groups excluding carboxylic acids is 1. The van der Waals surface area contributed by atoms with Crippen molar-refractivity contribution in [2.75, 3.05) is 11.6 Å². The normalized spacial score (nSPS) is 11.4. The molecule has 0 unspecified atom stereocenters. The summed E-state index contributed by atoms with van der Waals surface area (Å²) in [5, 5.41) is 16.7. The van der Waals surface area contributed by atoms with E-state index in [9.17, 15) is 26.4 Å². The van der Waals surface area contributed by atoms with Crippen LogP contribution >= 0.6 is 0 Å². The number of halogens is 4. The summed E-state index contributed by atoms with van der Waals surface area (Å²) in [4.78, 5) is 21.6. The molecule has 14 heteroatoms. The van der Waals surface area contributed by atoms with E-state index in [0.717, 1.165) is 23.1 Å². The van der Waals surface area contributed by atoms with Crippen LogP contribution in [0.5, 0.6) is 0 Å². The molecule has 0 spiro atoms. The van der Waals surface area contributed by atoms with Crippen LogP contribution in [0.25, 0.3) is 22.3 Å². The predicted molar refractivity (Wildman–Crippen MR) is 148 cm³/mol. The van der Waals surface area contributed by atoms with Crippen molar-refractivity contribution in [2.24, 2.45) is 5.73 Å². The quantitative estimate of drug-likeness (QED) is 0.211. The summed E-state index contributed by atoms with van der Waals surface area (Å²) in [6, 6.07) is 18.9. The number of aromatic nitrogens is 2. The number of nitrogens with two attached hydrogens (primary N) is 1. The maximum Gasteiger partial charge on any atom is 0.490 e. The molecule has 0 saturated carbocycles. The summed E-state index contributed by atoms with van der Waals surface area (Å²) >= 11 is 0. The number of hydrogen-bond acceptors (Lipinski definition) is 6. The fraction of sp³-hybridized carbons (Fsp3) is 0.179. The molecule has 42 heavy (non-hydrogen) atoms. The standard InChI is InChI=1S/C26H25FN4O3S.C2HF3O2/c1-3-20-22(18-11-7-8-16(14-18)15-28)24(31-30-20)26(32)29-21-13-12-19(17-9-5-4-6-10-17)25(23(21)27)35(2,33)34;3-2(4,5)1(6)7/h4-14H,3,15,28H2,1-2H3,(H,29,32)(H,30,31);(H,6,7). The minimum Gasteiger partial charge on any atom is -0.475 e. The number of sulfone groups is 1. The molecule has 0 aliphatic rings. The highest BCUT2D eigenvalue weighted by Gasteiger charge is 2.38. The molecule has 0 fully saturated rings. The molecular formula is C28H26F4N4O5S. The van der Waals surface area contributed by atoms with E-state index in [0.29, 0.717) is 24.1 Å². The number of aliphatic carboxylic acids is 1. The number of H-pyrrole nitrogens is 1. The average molecular weight is 607 g/mol. The van der Waals surface area contributed by atoms with Crippen molar-refractivity contribution < 1.29 is 40.7 Å². The largest absolute Gasteiger partial charge is 0.490 e. The second kappa shape index (κ2) is 13.0. The Morgan fingerprint density at radius 2 is 1.64 bits per heavy atom. The van der Waals surface area contributed by atoms with Gasteiger partial charge in [0.2, 0.25) is 0 Å². The number of nitrogens with zero attached hydrogens (tertiary/aromatic N) is 1. The van der Waals surface area contributed by atoms with Gasteiger partial charge in [-0.05, 0) is 35.2 Å². The number of carboxylic acids is 1. The molecule has 5 N–H and O–H groups in total. The van der Waals surface area contributed by atoms with Crippen LogP contribution in [-0.4, -0.2) is 48.0 Å². The number of alkyl halides is 3. The lowest BCUT2D eigenvalue weighted by atomic mass is 9.99. The maximum absolute atomic E-state index is 15.5. The van der Waals surface area contributed by atoms with Crippen LogP contribution < -0.4 is 11.1 Å². The van der Waals surface area contributed by atoms with Crippen molar-refractivity contribution in [3.63, 3.8) is 0 Å². The van der Waals surface area contributed by atoms with Gasteiger partial charge in [-0.2, -0.15) is 18.3 Å². The van der Waals surface area contributed by atoms with Gasteiger partial charge < -0.3 is 16.2 Å². The summed E-state index contributed by atoms with van der Waals surface area (Å²) in [5.74, 6) is -4.45. The summed E-state index contributed by atoms with van der Waals surface area (Å²) in [7, 11) is -3.95. The first-order valence-electron chi connectivity index (χ1n) is 12.2. The Bertz CT molecular complexity index is 1710. The molecule has 4 aromatic rings. The lowest BCUT2D eigenvalue weighted by Gasteiger charge is -2.14. The number of hydrogen-bond donors (Lipinski definition) is 4. The number of amides is 1. The number of carboxylic acid groups (broad SMARTS) is 1. The van der Waals surface area contributed by atoms with Crippen LogP contribution in [0, 0.1) is 5.82 Å². The first kappa shape index (κ1) is 32.0. The third-order valence-electron chi connectivity index (χ3n) is 5.90. The highest BCUT2D eigenvalue weighted by atomic mass is 32.2. The Morgan fingerprint density at radius 1 is 1.02 bits per heavy atom. The molecule has 3 aromatic carbocycles. The van der Waals surface area contributed by atoms with E-state index in [2.05, 4.69) is 15.5 Å². The highest BCUT2D eigenvalue weighted by Crippen LogP contribution is 2.34. The molecule has 0 atom stereocenters. The zero-order valence-corrected chi connectivity index (χ0v) is 23.1. The van der Waals surface area contributed by atoms with Crippen LogP contribution in [0.2, 0.25) is 0 Å². The topological polar surface area (TPSA) is 155 Å². The van der Waals surface area contributed by atoms with E-state index in [1.807, 2.05) is 31.2 Å². The summed E-state index contributed by atoms with van der Waals surface area (Å²) in [5.41, 5.74) is 9.32. The summed E-state index contributed by atoms with van der Waals surface area (Å²) in [6.07, 6.45) is -3.56. The Kier molecular flexibility index (Phi) is 9.86. The lowest BCUT2D eigenvalue weighted by Crippen LogP contribution is -2.21. The van der Waals surface area contributed by atoms with Crippen LogP contribution in [0.15, 0.2) is 71.6 Å². The van der Waals surface area contributed by atoms with Crippen LogP contribution in [0.4, 0.5) is 23.2 Å². The van der Waals surface area contributed by atoms with Gasteiger partial charge >= 0.3 is 12.1 Å². The van der Waals surface area contributed by atoms with E-state index < -0.39 is 38.6 Å². The average Bonchev–Trinajstić information content (AvgIpc) is 3.38. The van der Waals surface area contributed by atoms with Gasteiger partial charge in [0.15, 0.2) is 21.3 Å². The monoisotopic (exact) mass is 606 g/mol. The van der Waals surface area contributed by atoms with Gasteiger partial charge in [0, 0.05) is 29.6 Å². The number of carbonyl (C=O) groups is 2. The van der Waals surface area contributed by atoms with Crippen LogP contribution in [-0.2, 0) is 27.6 Å². The molecule has 0 bridgehead atoms. The van der Waals surface area contributed by atoms with Gasteiger partial charge in [0.25, 0.3) is 5.91 Å². The van der Waals surface area contributed by atoms with E-state index >= 15 is 4.39 Å². The van der Waals surface area contributed by atoms with Crippen LogP contribution in [0.1, 0.15) is 28.7 Å². The summed E-state index contributed by atoms with van der Waals surface area (Å²) < 4.78 is 72.3. The van der Waals surface area contributed by atoms with Crippen molar-refractivity contribution in [1.29, 1.82) is 0 Å². The number of aromatic amines is 1. The van der Waals surface area contributed by atoms with Crippen molar-refractivity contribution in [3.05, 3.63) is 89.5 Å². The zero-order chi connectivity index (χ0) is 31.2. The molecule has 0 saturated heterocycles. The minimum absolute atomic E-state index is 0.0727. The van der Waals surface area contributed by atoms with E-state index in [4.69, 9.17) is 15.6 Å². The van der Waals surface area contributed by atoms with Crippen molar-refractivity contribution in [2.45, 2.75) is 31.0 Å². The molecule has 222 valence electrons. The molecule has 0 aliphatic carbocycles. The smallest absolute Gasteiger partial charge is 0.475 e. The number of nitrogens with one attached hydrogen (secondary N) is 2. The van der Waals surface area contributed by atoms with Crippen molar-refractivity contribution in [1.82, 2.24) is 10.2 Å². The Balaban J connectivity index is 0.000000616. The molecule has 0 aliphatic heterocycles. The molecule has 0 radical (unpaired) electrons. The van der Waals surface area contributed by atoms with Gasteiger partial charge in [-0.1, -0.05) is 61.5 Å². The molecule has 1 amide bonds. The molecule has 1 heterocycles. The second-order valence-electron chi connectivity index (χ2n) is 8.88. The predicted octanol–water partition coefficient (Wildman–Crippen LogP) is 5.19. The number of anilines is 1. The number of aryl methyl sites for hydroxylation is 1. The minimum atomic E-state index is -5.08. The molecule has 9 nitrogen and oxygen atoms in total. The summed E-state index contributed by atoms with van der Waals surface area (Å²) in [6.45, 7) is 2.26. The first-order valence-corrected chi connectivity index (χ1v) is 14.1. The maximum atomic E-state index is 15.5.